The van der Waals surface area contributed by atoms with Crippen LogP contribution in [0.5, 0.6) is 11.5 Å². The van der Waals surface area contributed by atoms with Crippen LogP contribution in [0.3, 0.4) is 0 Å². The SMILES string of the molecule is CCn1c(SCc2cc(OC)ccc2OC)nc2ccc(Br)cc2c1=O. The summed E-state index contributed by atoms with van der Waals surface area (Å²) in [5.41, 5.74) is 1.66. The van der Waals surface area contributed by atoms with Crippen LogP contribution in [0.15, 0.2) is 50.8 Å². The summed E-state index contributed by atoms with van der Waals surface area (Å²) in [6.07, 6.45) is 0. The summed E-state index contributed by atoms with van der Waals surface area (Å²) in [5, 5.41) is 1.31. The van der Waals surface area contributed by atoms with Gasteiger partial charge in [0.2, 0.25) is 0 Å². The molecule has 0 fully saturated rings. The molecule has 0 atom stereocenters. The van der Waals surface area contributed by atoms with Crippen molar-refractivity contribution in [3.05, 3.63) is 56.8 Å². The third-order valence-corrected chi connectivity index (χ3v) is 5.56. The number of aromatic nitrogens is 2. The number of fused-ring (bicyclic) bond motifs is 1. The first kappa shape index (κ1) is 18.8. The van der Waals surface area contributed by atoms with Crippen molar-refractivity contribution in [3.63, 3.8) is 0 Å². The Bertz CT molecular complexity index is 1000. The van der Waals surface area contributed by atoms with Crippen molar-refractivity contribution in [1.82, 2.24) is 9.55 Å². The molecule has 0 aliphatic rings. The van der Waals surface area contributed by atoms with E-state index in [0.717, 1.165) is 21.5 Å². The maximum atomic E-state index is 12.8. The minimum absolute atomic E-state index is 0.0288. The van der Waals surface area contributed by atoms with Crippen molar-refractivity contribution in [2.75, 3.05) is 14.2 Å². The Morgan fingerprint density at radius 2 is 1.96 bits per heavy atom. The highest BCUT2D eigenvalue weighted by Crippen LogP contribution is 2.30. The molecule has 3 aromatic rings. The van der Waals surface area contributed by atoms with E-state index in [1.807, 2.05) is 43.3 Å². The lowest BCUT2D eigenvalue weighted by Crippen LogP contribution is -2.22. The smallest absolute Gasteiger partial charge is 0.262 e. The average molecular weight is 435 g/mol. The lowest BCUT2D eigenvalue weighted by Gasteiger charge is -2.13. The summed E-state index contributed by atoms with van der Waals surface area (Å²) in [5.74, 6) is 2.17. The van der Waals surface area contributed by atoms with E-state index in [2.05, 4.69) is 15.9 Å². The summed E-state index contributed by atoms with van der Waals surface area (Å²) in [6, 6.07) is 11.3. The molecular weight excluding hydrogens is 416 g/mol. The zero-order valence-corrected chi connectivity index (χ0v) is 17.2. The summed E-state index contributed by atoms with van der Waals surface area (Å²) >= 11 is 4.93. The van der Waals surface area contributed by atoms with Gasteiger partial charge >= 0.3 is 0 Å². The molecule has 3 rings (SSSR count). The fourth-order valence-corrected chi connectivity index (χ4v) is 4.10. The molecule has 0 saturated heterocycles. The highest BCUT2D eigenvalue weighted by atomic mass is 79.9. The number of thioether (sulfide) groups is 1. The lowest BCUT2D eigenvalue weighted by atomic mass is 10.2. The molecule has 26 heavy (non-hydrogen) atoms. The number of rotatable bonds is 6. The van der Waals surface area contributed by atoms with Gasteiger partial charge in [-0.2, -0.15) is 0 Å². The highest BCUT2D eigenvalue weighted by molar-refractivity contribution is 9.10. The zero-order valence-electron chi connectivity index (χ0n) is 14.8. The van der Waals surface area contributed by atoms with Crippen LogP contribution in [0.4, 0.5) is 0 Å². The quantitative estimate of drug-likeness (QED) is 0.422. The predicted octanol–water partition coefficient (Wildman–Crippen LogP) is 4.49. The van der Waals surface area contributed by atoms with Gasteiger partial charge in [-0.05, 0) is 43.3 Å². The van der Waals surface area contributed by atoms with Gasteiger partial charge in [0.25, 0.3) is 5.56 Å². The van der Waals surface area contributed by atoms with E-state index in [-0.39, 0.29) is 5.56 Å². The minimum atomic E-state index is -0.0288. The molecule has 2 aromatic carbocycles. The molecule has 5 nitrogen and oxygen atoms in total. The van der Waals surface area contributed by atoms with Crippen molar-refractivity contribution in [3.8, 4) is 11.5 Å². The van der Waals surface area contributed by atoms with Gasteiger partial charge in [0.15, 0.2) is 5.16 Å². The topological polar surface area (TPSA) is 53.4 Å². The normalized spacial score (nSPS) is 10.9. The molecule has 0 N–H and O–H groups in total. The number of benzene rings is 2. The lowest BCUT2D eigenvalue weighted by molar-refractivity contribution is 0.400. The van der Waals surface area contributed by atoms with Crippen molar-refractivity contribution in [2.24, 2.45) is 0 Å². The number of methoxy groups -OCH3 is 2. The Morgan fingerprint density at radius 3 is 2.65 bits per heavy atom. The molecule has 0 radical (unpaired) electrons. The summed E-state index contributed by atoms with van der Waals surface area (Å²) in [4.78, 5) is 17.5. The third-order valence-electron chi connectivity index (χ3n) is 4.04. The van der Waals surface area contributed by atoms with Gasteiger partial charge in [-0.15, -0.1) is 0 Å². The monoisotopic (exact) mass is 434 g/mol. The largest absolute Gasteiger partial charge is 0.497 e. The Hall–Kier alpha value is -1.99. The Kier molecular flexibility index (Phi) is 5.88. The predicted molar refractivity (Wildman–Crippen MR) is 108 cm³/mol. The van der Waals surface area contributed by atoms with Crippen LogP contribution in [0.25, 0.3) is 10.9 Å². The molecule has 0 spiro atoms. The van der Waals surface area contributed by atoms with Crippen molar-refractivity contribution in [1.29, 1.82) is 0 Å². The summed E-state index contributed by atoms with van der Waals surface area (Å²) in [6.45, 7) is 2.51. The van der Waals surface area contributed by atoms with Gasteiger partial charge in [-0.25, -0.2) is 4.98 Å². The van der Waals surface area contributed by atoms with Crippen molar-refractivity contribution >= 4 is 38.6 Å². The second kappa shape index (κ2) is 8.14. The highest BCUT2D eigenvalue weighted by Gasteiger charge is 2.13. The number of hydrogen-bond donors (Lipinski definition) is 0. The van der Waals surface area contributed by atoms with Crippen LogP contribution in [-0.2, 0) is 12.3 Å². The molecule has 1 aromatic heterocycles. The Balaban J connectivity index is 1.99. The molecule has 0 aliphatic carbocycles. The van der Waals surface area contributed by atoms with Gasteiger partial charge in [0.1, 0.15) is 11.5 Å². The Morgan fingerprint density at radius 1 is 1.15 bits per heavy atom. The summed E-state index contributed by atoms with van der Waals surface area (Å²) < 4.78 is 13.3. The number of nitrogens with zero attached hydrogens (tertiary/aromatic N) is 2. The van der Waals surface area contributed by atoms with Crippen LogP contribution in [-0.4, -0.2) is 23.8 Å². The standard InChI is InChI=1S/C19H19BrN2O3S/c1-4-22-18(23)15-10-13(20)5-7-16(15)21-19(22)26-11-12-9-14(24-2)6-8-17(12)25-3/h5-10H,4,11H2,1-3H3. The molecule has 0 saturated carbocycles. The maximum Gasteiger partial charge on any atom is 0.262 e. The van der Waals surface area contributed by atoms with E-state index < -0.39 is 0 Å². The van der Waals surface area contributed by atoms with E-state index in [9.17, 15) is 4.79 Å². The van der Waals surface area contributed by atoms with Crippen LogP contribution < -0.4 is 15.0 Å². The number of halogens is 1. The van der Waals surface area contributed by atoms with E-state index >= 15 is 0 Å². The second-order valence-electron chi connectivity index (χ2n) is 5.57. The maximum absolute atomic E-state index is 12.8. The molecule has 1 heterocycles. The van der Waals surface area contributed by atoms with Crippen LogP contribution >= 0.6 is 27.7 Å². The van der Waals surface area contributed by atoms with E-state index in [1.54, 1.807) is 18.8 Å². The molecule has 0 amide bonds. The fraction of sp³-hybridized carbons (Fsp3) is 0.263. The number of hydrogen-bond acceptors (Lipinski definition) is 5. The van der Waals surface area contributed by atoms with E-state index in [4.69, 9.17) is 14.5 Å². The van der Waals surface area contributed by atoms with Crippen LogP contribution in [0, 0.1) is 0 Å². The minimum Gasteiger partial charge on any atom is -0.497 e. The third kappa shape index (κ3) is 3.73. The molecule has 136 valence electrons. The average Bonchev–Trinajstić information content (AvgIpc) is 2.66. The first-order chi connectivity index (χ1) is 12.6. The first-order valence-corrected chi connectivity index (χ1v) is 9.89. The van der Waals surface area contributed by atoms with Gasteiger partial charge in [-0.3, -0.25) is 9.36 Å². The van der Waals surface area contributed by atoms with Crippen LogP contribution in [0.1, 0.15) is 12.5 Å². The van der Waals surface area contributed by atoms with Crippen molar-refractivity contribution in [2.45, 2.75) is 24.4 Å². The molecule has 7 heteroatoms. The second-order valence-corrected chi connectivity index (χ2v) is 7.43. The fourth-order valence-electron chi connectivity index (χ4n) is 2.70. The van der Waals surface area contributed by atoms with Gasteiger partial charge in [-0.1, -0.05) is 27.7 Å². The van der Waals surface area contributed by atoms with Crippen molar-refractivity contribution < 1.29 is 9.47 Å². The zero-order chi connectivity index (χ0) is 18.7. The number of ether oxygens (including phenoxy) is 2. The molecular formula is C19H19BrN2O3S. The van der Waals surface area contributed by atoms with Crippen LogP contribution in [0.2, 0.25) is 0 Å². The van der Waals surface area contributed by atoms with Gasteiger partial charge in [0, 0.05) is 22.3 Å². The summed E-state index contributed by atoms with van der Waals surface area (Å²) in [7, 11) is 3.28. The molecule has 0 aliphatic heterocycles. The van der Waals surface area contributed by atoms with E-state index in [0.29, 0.717) is 28.4 Å². The Labute approximate surface area is 164 Å². The first-order valence-electron chi connectivity index (χ1n) is 8.11. The van der Waals surface area contributed by atoms with E-state index in [1.165, 1.54) is 11.8 Å². The van der Waals surface area contributed by atoms with Gasteiger partial charge < -0.3 is 9.47 Å². The molecule has 0 bridgehead atoms. The van der Waals surface area contributed by atoms with Gasteiger partial charge in [0.05, 0.1) is 25.1 Å². The molecule has 0 unspecified atom stereocenters.